The van der Waals surface area contributed by atoms with E-state index >= 15 is 0 Å². The van der Waals surface area contributed by atoms with E-state index in [2.05, 4.69) is 41.2 Å². The Balaban J connectivity index is 2.00. The number of hydrogen-bond donors (Lipinski definition) is 1. The van der Waals surface area contributed by atoms with Crippen LogP contribution in [0.15, 0.2) is 28.3 Å². The zero-order chi connectivity index (χ0) is 14.0. The van der Waals surface area contributed by atoms with Crippen molar-refractivity contribution in [2.45, 2.75) is 26.7 Å². The second-order valence-electron chi connectivity index (χ2n) is 5.42. The molecule has 2 atom stereocenters. The van der Waals surface area contributed by atoms with Crippen LogP contribution in [0.1, 0.15) is 26.7 Å². The maximum Gasteiger partial charge on any atom is 0.149 e. The third-order valence-corrected chi connectivity index (χ3v) is 4.08. The zero-order valence-electron chi connectivity index (χ0n) is 11.1. The Morgan fingerprint density at radius 1 is 1.32 bits per heavy atom. The molecule has 0 aliphatic heterocycles. The van der Waals surface area contributed by atoms with Crippen LogP contribution in [0.4, 0.5) is 14.5 Å². The predicted molar refractivity (Wildman–Crippen MR) is 78.2 cm³/mol. The molecule has 0 heterocycles. The van der Waals surface area contributed by atoms with Crippen molar-refractivity contribution in [2.24, 2.45) is 11.8 Å². The number of halogens is 3. The van der Waals surface area contributed by atoms with Gasteiger partial charge in [0.1, 0.15) is 11.6 Å². The van der Waals surface area contributed by atoms with Crippen molar-refractivity contribution in [3.8, 4) is 0 Å². The van der Waals surface area contributed by atoms with E-state index in [-0.39, 0.29) is 4.47 Å². The van der Waals surface area contributed by atoms with E-state index < -0.39 is 11.6 Å². The standard InChI is InChI=1S/C15H18BrF2N/c1-9-3-10(2)5-11(4-9)8-19-15-6-12(16)13(17)7-14(15)18/h3,6-7,9,11,19H,4-5,8H2,1-2H3. The van der Waals surface area contributed by atoms with Gasteiger partial charge in [-0.15, -0.1) is 0 Å². The average Bonchev–Trinajstić information content (AvgIpc) is 2.31. The molecule has 0 saturated carbocycles. The molecule has 0 spiro atoms. The van der Waals surface area contributed by atoms with Gasteiger partial charge in [-0.1, -0.05) is 18.6 Å². The first-order valence-corrected chi connectivity index (χ1v) is 7.30. The maximum atomic E-state index is 13.6. The fourth-order valence-electron chi connectivity index (χ4n) is 2.75. The number of allylic oxidation sites excluding steroid dienone is 2. The van der Waals surface area contributed by atoms with Gasteiger partial charge in [-0.05, 0) is 53.6 Å². The minimum Gasteiger partial charge on any atom is -0.382 e. The molecule has 0 amide bonds. The molecule has 19 heavy (non-hydrogen) atoms. The molecule has 4 heteroatoms. The summed E-state index contributed by atoms with van der Waals surface area (Å²) in [5.41, 5.74) is 1.75. The first-order chi connectivity index (χ1) is 8.95. The van der Waals surface area contributed by atoms with E-state index in [9.17, 15) is 8.78 Å². The molecule has 0 radical (unpaired) electrons. The molecule has 2 unspecified atom stereocenters. The van der Waals surface area contributed by atoms with Crippen LogP contribution in [-0.2, 0) is 0 Å². The lowest BCUT2D eigenvalue weighted by Crippen LogP contribution is -2.20. The zero-order valence-corrected chi connectivity index (χ0v) is 12.7. The molecule has 0 bridgehead atoms. The van der Waals surface area contributed by atoms with Crippen LogP contribution in [0.5, 0.6) is 0 Å². The fourth-order valence-corrected chi connectivity index (χ4v) is 3.10. The summed E-state index contributed by atoms with van der Waals surface area (Å²) in [5.74, 6) is -0.0430. The van der Waals surface area contributed by atoms with Crippen LogP contribution < -0.4 is 5.32 Å². The maximum absolute atomic E-state index is 13.6. The largest absolute Gasteiger partial charge is 0.382 e. The van der Waals surface area contributed by atoms with Gasteiger partial charge in [-0.25, -0.2) is 8.78 Å². The molecule has 1 aliphatic rings. The number of rotatable bonds is 3. The van der Waals surface area contributed by atoms with Gasteiger partial charge in [0.15, 0.2) is 0 Å². The molecule has 104 valence electrons. The Bertz CT molecular complexity index is 499. The summed E-state index contributed by atoms with van der Waals surface area (Å²) in [6.45, 7) is 5.05. The van der Waals surface area contributed by atoms with Gasteiger partial charge in [0.2, 0.25) is 0 Å². The summed E-state index contributed by atoms with van der Waals surface area (Å²) in [6, 6.07) is 2.36. The highest BCUT2D eigenvalue weighted by Gasteiger charge is 2.18. The van der Waals surface area contributed by atoms with Crippen molar-refractivity contribution in [3.63, 3.8) is 0 Å². The Labute approximate surface area is 121 Å². The lowest BCUT2D eigenvalue weighted by Gasteiger charge is -2.26. The minimum absolute atomic E-state index is 0.282. The van der Waals surface area contributed by atoms with Gasteiger partial charge >= 0.3 is 0 Å². The molecule has 0 fully saturated rings. The molecular weight excluding hydrogens is 312 g/mol. The van der Waals surface area contributed by atoms with Crippen molar-refractivity contribution in [1.29, 1.82) is 0 Å². The van der Waals surface area contributed by atoms with Crippen LogP contribution in [0, 0.1) is 23.5 Å². The van der Waals surface area contributed by atoms with E-state index in [1.165, 1.54) is 11.6 Å². The lowest BCUT2D eigenvalue weighted by atomic mass is 9.84. The first-order valence-electron chi connectivity index (χ1n) is 6.51. The fraction of sp³-hybridized carbons (Fsp3) is 0.467. The van der Waals surface area contributed by atoms with Crippen molar-refractivity contribution >= 4 is 21.6 Å². The van der Waals surface area contributed by atoms with Crippen LogP contribution in [0.3, 0.4) is 0 Å². The van der Waals surface area contributed by atoms with E-state index in [0.717, 1.165) is 18.9 Å². The number of benzene rings is 1. The van der Waals surface area contributed by atoms with E-state index in [1.807, 2.05) is 0 Å². The molecule has 1 N–H and O–H groups in total. The van der Waals surface area contributed by atoms with Gasteiger partial charge in [-0.3, -0.25) is 0 Å². The second-order valence-corrected chi connectivity index (χ2v) is 6.28. The van der Waals surface area contributed by atoms with Crippen molar-refractivity contribution in [3.05, 3.63) is 39.9 Å². The number of anilines is 1. The quantitative estimate of drug-likeness (QED) is 0.598. The third-order valence-electron chi connectivity index (χ3n) is 3.48. The van der Waals surface area contributed by atoms with Gasteiger partial charge < -0.3 is 5.32 Å². The summed E-state index contributed by atoms with van der Waals surface area (Å²) in [5, 5.41) is 3.09. The van der Waals surface area contributed by atoms with Crippen molar-refractivity contribution < 1.29 is 8.78 Å². The molecular formula is C15H18BrF2N. The molecule has 1 aromatic rings. The highest BCUT2D eigenvalue weighted by atomic mass is 79.9. The summed E-state index contributed by atoms with van der Waals surface area (Å²) in [4.78, 5) is 0. The van der Waals surface area contributed by atoms with Gasteiger partial charge in [0.25, 0.3) is 0 Å². The smallest absolute Gasteiger partial charge is 0.149 e. The van der Waals surface area contributed by atoms with Crippen LogP contribution >= 0.6 is 15.9 Å². The Kier molecular flexibility index (Phi) is 4.61. The third kappa shape index (κ3) is 3.78. The number of hydrogen-bond acceptors (Lipinski definition) is 1. The minimum atomic E-state index is -0.576. The summed E-state index contributed by atoms with van der Waals surface area (Å²) < 4.78 is 27.0. The van der Waals surface area contributed by atoms with Gasteiger partial charge in [0, 0.05) is 12.6 Å². The van der Waals surface area contributed by atoms with Crippen molar-refractivity contribution in [2.75, 3.05) is 11.9 Å². The van der Waals surface area contributed by atoms with Crippen LogP contribution in [0.25, 0.3) is 0 Å². The van der Waals surface area contributed by atoms with Crippen molar-refractivity contribution in [1.82, 2.24) is 0 Å². The molecule has 2 rings (SSSR count). The molecule has 1 nitrogen and oxygen atoms in total. The van der Waals surface area contributed by atoms with Crippen LogP contribution in [-0.4, -0.2) is 6.54 Å². The summed E-state index contributed by atoms with van der Waals surface area (Å²) >= 11 is 3.07. The monoisotopic (exact) mass is 329 g/mol. The topological polar surface area (TPSA) is 12.0 Å². The first kappa shape index (κ1) is 14.5. The van der Waals surface area contributed by atoms with Gasteiger partial charge in [-0.2, -0.15) is 0 Å². The van der Waals surface area contributed by atoms with Gasteiger partial charge in [0.05, 0.1) is 10.2 Å². The summed E-state index contributed by atoms with van der Waals surface area (Å²) in [6.07, 6.45) is 4.45. The molecule has 1 aromatic carbocycles. The Morgan fingerprint density at radius 2 is 2.05 bits per heavy atom. The van der Waals surface area contributed by atoms with Crippen LogP contribution in [0.2, 0.25) is 0 Å². The summed E-state index contributed by atoms with van der Waals surface area (Å²) in [7, 11) is 0. The lowest BCUT2D eigenvalue weighted by molar-refractivity contribution is 0.420. The number of nitrogens with one attached hydrogen (secondary N) is 1. The Morgan fingerprint density at radius 3 is 2.74 bits per heavy atom. The normalized spacial score (nSPS) is 23.1. The SMILES string of the molecule is CC1=CC(C)CC(CNc2cc(Br)c(F)cc2F)C1. The van der Waals surface area contributed by atoms with E-state index in [0.29, 0.717) is 24.1 Å². The molecule has 0 aromatic heterocycles. The highest BCUT2D eigenvalue weighted by Crippen LogP contribution is 2.29. The van der Waals surface area contributed by atoms with E-state index in [1.54, 1.807) is 0 Å². The predicted octanol–water partition coefficient (Wildman–Crippen LogP) is 5.13. The molecule has 0 saturated heterocycles. The Hall–Kier alpha value is -0.900. The average molecular weight is 330 g/mol. The molecule has 1 aliphatic carbocycles. The second kappa shape index (κ2) is 6.04. The van der Waals surface area contributed by atoms with E-state index in [4.69, 9.17) is 0 Å². The highest BCUT2D eigenvalue weighted by molar-refractivity contribution is 9.10.